The summed E-state index contributed by atoms with van der Waals surface area (Å²) in [7, 11) is 1.81. The molecule has 0 saturated heterocycles. The third-order valence-electron chi connectivity index (χ3n) is 1.31. The third-order valence-corrected chi connectivity index (χ3v) is 1.31. The van der Waals surface area contributed by atoms with Gasteiger partial charge >= 0.3 is 0 Å². The minimum absolute atomic E-state index is 0.0120. The predicted octanol–water partition coefficient (Wildman–Crippen LogP) is 1.79. The van der Waals surface area contributed by atoms with Crippen LogP contribution in [0.25, 0.3) is 0 Å². The van der Waals surface area contributed by atoms with Gasteiger partial charge in [0.1, 0.15) is 0 Å². The number of amides is 1. The lowest BCUT2D eigenvalue weighted by Gasteiger charge is -1.96. The van der Waals surface area contributed by atoms with Crippen LogP contribution in [0.5, 0.6) is 0 Å². The number of rotatable bonds is 2. The van der Waals surface area contributed by atoms with Crippen molar-refractivity contribution in [3.05, 3.63) is 12.4 Å². The topological polar surface area (TPSA) is 46.9 Å². The summed E-state index contributed by atoms with van der Waals surface area (Å²) in [4.78, 5) is 10.8. The van der Waals surface area contributed by atoms with Crippen LogP contribution in [0, 0.1) is 0 Å². The van der Waals surface area contributed by atoms with Crippen LogP contribution >= 0.6 is 0 Å². The van der Waals surface area contributed by atoms with Gasteiger partial charge in [-0.25, -0.2) is 0 Å². The lowest BCUT2D eigenvalue weighted by Crippen LogP contribution is -2.08. The first-order valence-electron chi connectivity index (χ1n) is 4.51. The molecule has 13 heavy (non-hydrogen) atoms. The van der Waals surface area contributed by atoms with Crippen molar-refractivity contribution < 1.29 is 4.79 Å². The molecule has 74 valence electrons. The Balaban J connectivity index is 0.000000671. The van der Waals surface area contributed by atoms with Crippen molar-refractivity contribution in [2.45, 2.75) is 27.2 Å². The molecule has 1 aromatic heterocycles. The monoisotopic (exact) mass is 183 g/mol. The van der Waals surface area contributed by atoms with E-state index in [2.05, 4.69) is 10.4 Å². The van der Waals surface area contributed by atoms with Crippen LogP contribution in [0.3, 0.4) is 0 Å². The highest BCUT2D eigenvalue weighted by Gasteiger charge is 1.98. The molecule has 0 radical (unpaired) electrons. The number of carbonyl (C=O) groups is 1. The van der Waals surface area contributed by atoms with E-state index >= 15 is 0 Å². The second-order valence-corrected chi connectivity index (χ2v) is 2.30. The van der Waals surface area contributed by atoms with Gasteiger partial charge in [-0.1, -0.05) is 20.8 Å². The van der Waals surface area contributed by atoms with Crippen LogP contribution in [0.1, 0.15) is 27.2 Å². The minimum Gasteiger partial charge on any atom is -0.323 e. The second kappa shape index (κ2) is 6.22. The molecule has 0 saturated carbocycles. The molecule has 1 heterocycles. The molecule has 1 aromatic rings. The molecule has 4 heteroatoms. The Morgan fingerprint density at radius 2 is 2.23 bits per heavy atom. The quantitative estimate of drug-likeness (QED) is 0.759. The van der Waals surface area contributed by atoms with Crippen LogP contribution < -0.4 is 5.32 Å². The van der Waals surface area contributed by atoms with Crippen molar-refractivity contribution in [2.24, 2.45) is 7.05 Å². The van der Waals surface area contributed by atoms with Gasteiger partial charge in [0.15, 0.2) is 0 Å². The van der Waals surface area contributed by atoms with Crippen molar-refractivity contribution in [3.8, 4) is 0 Å². The summed E-state index contributed by atoms with van der Waals surface area (Å²) in [6, 6.07) is 0. The molecule has 0 aliphatic carbocycles. The van der Waals surface area contributed by atoms with Crippen molar-refractivity contribution in [1.82, 2.24) is 9.78 Å². The summed E-state index contributed by atoms with van der Waals surface area (Å²) in [5.41, 5.74) is 0.749. The van der Waals surface area contributed by atoms with Crippen molar-refractivity contribution in [1.29, 1.82) is 0 Å². The zero-order valence-corrected chi connectivity index (χ0v) is 8.66. The van der Waals surface area contributed by atoms with E-state index in [0.717, 1.165) is 5.69 Å². The number of nitrogens with one attached hydrogen (secondary N) is 1. The highest BCUT2D eigenvalue weighted by molar-refractivity contribution is 5.90. The Morgan fingerprint density at radius 1 is 1.62 bits per heavy atom. The van der Waals surface area contributed by atoms with Crippen molar-refractivity contribution in [2.75, 3.05) is 5.32 Å². The Labute approximate surface area is 78.9 Å². The Morgan fingerprint density at radius 3 is 2.62 bits per heavy atom. The summed E-state index contributed by atoms with van der Waals surface area (Å²) >= 11 is 0. The van der Waals surface area contributed by atoms with Crippen LogP contribution in [0.15, 0.2) is 12.4 Å². The van der Waals surface area contributed by atoms with E-state index in [-0.39, 0.29) is 5.91 Å². The molecule has 0 fully saturated rings. The van der Waals surface area contributed by atoms with Gasteiger partial charge < -0.3 is 5.32 Å². The molecule has 1 N–H and O–H groups in total. The number of aromatic nitrogens is 2. The van der Waals surface area contributed by atoms with Crippen molar-refractivity contribution >= 4 is 11.6 Å². The first-order valence-corrected chi connectivity index (χ1v) is 4.51. The zero-order chi connectivity index (χ0) is 10.3. The average Bonchev–Trinajstić information content (AvgIpc) is 2.54. The summed E-state index contributed by atoms with van der Waals surface area (Å²) in [6.45, 7) is 5.81. The minimum atomic E-state index is 0.0120. The van der Waals surface area contributed by atoms with Crippen LogP contribution in [0.4, 0.5) is 5.69 Å². The van der Waals surface area contributed by atoms with E-state index in [0.29, 0.717) is 6.42 Å². The summed E-state index contributed by atoms with van der Waals surface area (Å²) in [5, 5.41) is 6.60. The number of hydrogen-bond donors (Lipinski definition) is 1. The molecule has 4 nitrogen and oxygen atoms in total. The maximum absolute atomic E-state index is 10.8. The van der Waals surface area contributed by atoms with Gasteiger partial charge in [0.2, 0.25) is 5.91 Å². The highest BCUT2D eigenvalue weighted by Crippen LogP contribution is 2.02. The lowest BCUT2D eigenvalue weighted by molar-refractivity contribution is -0.115. The van der Waals surface area contributed by atoms with Crippen LogP contribution in [-0.4, -0.2) is 15.7 Å². The molecule has 0 unspecified atom stereocenters. The molecule has 0 bridgehead atoms. The molecular weight excluding hydrogens is 166 g/mol. The normalized spacial score (nSPS) is 8.62. The van der Waals surface area contributed by atoms with E-state index in [1.165, 1.54) is 0 Å². The second-order valence-electron chi connectivity index (χ2n) is 2.30. The van der Waals surface area contributed by atoms with Gasteiger partial charge in [-0.05, 0) is 0 Å². The fraction of sp³-hybridized carbons (Fsp3) is 0.556. The molecule has 0 aliphatic rings. The van der Waals surface area contributed by atoms with E-state index in [9.17, 15) is 4.79 Å². The molecular formula is C9H17N3O. The zero-order valence-electron chi connectivity index (χ0n) is 8.66. The number of aryl methyl sites for hydroxylation is 1. The molecule has 0 spiro atoms. The standard InChI is InChI=1S/C7H11N3O.C2H6/c1-3-7(11)9-6-4-8-10(2)5-6;1-2/h4-5H,3H2,1-2H3,(H,9,11);1-2H3. The van der Waals surface area contributed by atoms with Gasteiger partial charge in [0, 0.05) is 19.7 Å². The molecule has 1 rings (SSSR count). The van der Waals surface area contributed by atoms with Gasteiger partial charge in [-0.2, -0.15) is 5.10 Å². The number of nitrogens with zero attached hydrogens (tertiary/aromatic N) is 2. The first-order chi connectivity index (χ1) is 6.22. The van der Waals surface area contributed by atoms with E-state index in [1.807, 2.05) is 27.8 Å². The van der Waals surface area contributed by atoms with E-state index < -0.39 is 0 Å². The van der Waals surface area contributed by atoms with Crippen molar-refractivity contribution in [3.63, 3.8) is 0 Å². The molecule has 1 amide bonds. The number of carbonyl (C=O) groups excluding carboxylic acids is 1. The highest BCUT2D eigenvalue weighted by atomic mass is 16.1. The maximum Gasteiger partial charge on any atom is 0.224 e. The predicted molar refractivity (Wildman–Crippen MR) is 53.5 cm³/mol. The Hall–Kier alpha value is -1.32. The fourth-order valence-electron chi connectivity index (χ4n) is 0.735. The van der Waals surface area contributed by atoms with Gasteiger partial charge in [-0.15, -0.1) is 0 Å². The maximum atomic E-state index is 10.8. The number of anilines is 1. The lowest BCUT2D eigenvalue weighted by atomic mass is 10.4. The van der Waals surface area contributed by atoms with E-state index in [4.69, 9.17) is 0 Å². The molecule has 0 atom stereocenters. The van der Waals surface area contributed by atoms with Gasteiger partial charge in [0.25, 0.3) is 0 Å². The Bertz CT molecular complexity index is 255. The molecule has 0 aliphatic heterocycles. The van der Waals surface area contributed by atoms with E-state index in [1.54, 1.807) is 17.1 Å². The summed E-state index contributed by atoms with van der Waals surface area (Å²) in [5.74, 6) is 0.0120. The fourth-order valence-corrected chi connectivity index (χ4v) is 0.735. The van der Waals surface area contributed by atoms with Gasteiger partial charge in [0.05, 0.1) is 11.9 Å². The largest absolute Gasteiger partial charge is 0.323 e. The van der Waals surface area contributed by atoms with Crippen LogP contribution in [-0.2, 0) is 11.8 Å². The van der Waals surface area contributed by atoms with Gasteiger partial charge in [-0.3, -0.25) is 9.48 Å². The summed E-state index contributed by atoms with van der Waals surface area (Å²) in [6.07, 6.45) is 3.87. The SMILES string of the molecule is CC.CCC(=O)Nc1cnn(C)c1. The Kier molecular flexibility index (Phi) is 5.59. The first kappa shape index (κ1) is 11.7. The molecule has 0 aromatic carbocycles. The smallest absolute Gasteiger partial charge is 0.224 e. The summed E-state index contributed by atoms with van der Waals surface area (Å²) < 4.78 is 1.64. The third kappa shape index (κ3) is 4.30. The average molecular weight is 183 g/mol. The van der Waals surface area contributed by atoms with Crippen LogP contribution in [0.2, 0.25) is 0 Å². The number of hydrogen-bond acceptors (Lipinski definition) is 2.